The standard InChI is InChI=1S/C17H26N2O.ClH/c1-12(2)13-5-7-14(8-6-13)15-11-16(15)17(20)19-10-4-9-18-3;/h5-8,12,15-16,18H,4,9-11H2,1-3H3,(H,19,20);1H. The molecule has 2 N–H and O–H groups in total. The first-order valence-corrected chi connectivity index (χ1v) is 7.65. The molecule has 1 aliphatic rings. The van der Waals surface area contributed by atoms with Gasteiger partial charge < -0.3 is 10.6 Å². The van der Waals surface area contributed by atoms with Gasteiger partial charge in [-0.1, -0.05) is 38.1 Å². The first-order valence-electron chi connectivity index (χ1n) is 7.65. The Labute approximate surface area is 134 Å². The molecule has 1 saturated carbocycles. The van der Waals surface area contributed by atoms with Crippen molar-refractivity contribution < 1.29 is 4.79 Å². The largest absolute Gasteiger partial charge is 0.356 e. The fourth-order valence-electron chi connectivity index (χ4n) is 2.59. The van der Waals surface area contributed by atoms with E-state index in [1.54, 1.807) is 0 Å². The van der Waals surface area contributed by atoms with Gasteiger partial charge in [-0.05, 0) is 49.4 Å². The SMILES string of the molecule is CNCCCNC(=O)C1CC1c1ccc(C(C)C)cc1.Cl. The Morgan fingerprint density at radius 2 is 1.90 bits per heavy atom. The third-order valence-electron chi connectivity index (χ3n) is 4.06. The van der Waals surface area contributed by atoms with E-state index in [1.165, 1.54) is 11.1 Å². The van der Waals surface area contributed by atoms with Crippen molar-refractivity contribution in [3.05, 3.63) is 35.4 Å². The van der Waals surface area contributed by atoms with Crippen LogP contribution in [0.1, 0.15) is 49.7 Å². The molecule has 0 bridgehead atoms. The fraction of sp³-hybridized carbons (Fsp3) is 0.588. The molecule has 1 amide bonds. The van der Waals surface area contributed by atoms with Gasteiger partial charge in [-0.15, -0.1) is 12.4 Å². The molecule has 0 spiro atoms. The van der Waals surface area contributed by atoms with Gasteiger partial charge in [0, 0.05) is 12.5 Å². The van der Waals surface area contributed by atoms with E-state index in [0.717, 1.165) is 25.9 Å². The lowest BCUT2D eigenvalue weighted by molar-refractivity contribution is -0.122. The third kappa shape index (κ3) is 5.01. The molecular weight excluding hydrogens is 284 g/mol. The second-order valence-corrected chi connectivity index (χ2v) is 6.02. The Balaban J connectivity index is 0.00000220. The van der Waals surface area contributed by atoms with E-state index in [-0.39, 0.29) is 24.2 Å². The van der Waals surface area contributed by atoms with Crippen molar-refractivity contribution in [2.75, 3.05) is 20.1 Å². The van der Waals surface area contributed by atoms with Crippen molar-refractivity contribution in [3.63, 3.8) is 0 Å². The number of benzene rings is 1. The topological polar surface area (TPSA) is 41.1 Å². The van der Waals surface area contributed by atoms with Crippen LogP contribution in [0.3, 0.4) is 0 Å². The summed E-state index contributed by atoms with van der Waals surface area (Å²) in [6.45, 7) is 6.13. The van der Waals surface area contributed by atoms with Crippen molar-refractivity contribution in [3.8, 4) is 0 Å². The Morgan fingerprint density at radius 3 is 2.48 bits per heavy atom. The summed E-state index contributed by atoms with van der Waals surface area (Å²) >= 11 is 0. The summed E-state index contributed by atoms with van der Waals surface area (Å²) in [5, 5.41) is 6.11. The Morgan fingerprint density at radius 1 is 1.24 bits per heavy atom. The van der Waals surface area contributed by atoms with Crippen LogP contribution in [-0.2, 0) is 4.79 Å². The molecule has 0 aromatic heterocycles. The summed E-state index contributed by atoms with van der Waals surface area (Å²) in [6.07, 6.45) is 1.99. The van der Waals surface area contributed by atoms with Gasteiger partial charge in [-0.3, -0.25) is 4.79 Å². The highest BCUT2D eigenvalue weighted by atomic mass is 35.5. The average Bonchev–Trinajstić information content (AvgIpc) is 3.24. The smallest absolute Gasteiger partial charge is 0.223 e. The zero-order valence-electron chi connectivity index (χ0n) is 13.2. The number of amides is 1. The van der Waals surface area contributed by atoms with Crippen LogP contribution in [0, 0.1) is 5.92 Å². The number of nitrogens with one attached hydrogen (secondary N) is 2. The highest BCUT2D eigenvalue weighted by Gasteiger charge is 2.43. The summed E-state index contributed by atoms with van der Waals surface area (Å²) in [6, 6.07) is 8.77. The fourth-order valence-corrected chi connectivity index (χ4v) is 2.59. The maximum absolute atomic E-state index is 12.0. The molecule has 2 unspecified atom stereocenters. The molecule has 1 aromatic carbocycles. The Hall–Kier alpha value is -1.06. The molecule has 1 aliphatic carbocycles. The van der Waals surface area contributed by atoms with E-state index >= 15 is 0 Å². The molecule has 0 radical (unpaired) electrons. The predicted octanol–water partition coefficient (Wildman–Crippen LogP) is 3.06. The molecular formula is C17H27ClN2O. The normalized spacial score (nSPS) is 20.0. The zero-order chi connectivity index (χ0) is 14.5. The molecule has 0 heterocycles. The zero-order valence-corrected chi connectivity index (χ0v) is 14.0. The maximum atomic E-state index is 12.0. The van der Waals surface area contributed by atoms with Gasteiger partial charge in [0.25, 0.3) is 0 Å². The quantitative estimate of drug-likeness (QED) is 0.760. The van der Waals surface area contributed by atoms with E-state index in [1.807, 2.05) is 7.05 Å². The van der Waals surface area contributed by atoms with Crippen LogP contribution in [0.25, 0.3) is 0 Å². The highest BCUT2D eigenvalue weighted by molar-refractivity contribution is 5.85. The summed E-state index contributed by atoms with van der Waals surface area (Å²) in [5.41, 5.74) is 2.67. The molecule has 0 saturated heterocycles. The van der Waals surface area contributed by atoms with Gasteiger partial charge in [-0.2, -0.15) is 0 Å². The second-order valence-electron chi connectivity index (χ2n) is 6.02. The molecule has 1 fully saturated rings. The minimum absolute atomic E-state index is 0. The van der Waals surface area contributed by atoms with Gasteiger partial charge >= 0.3 is 0 Å². The summed E-state index contributed by atoms with van der Waals surface area (Å²) in [4.78, 5) is 12.0. The summed E-state index contributed by atoms with van der Waals surface area (Å²) in [5.74, 6) is 1.41. The number of hydrogen-bond acceptors (Lipinski definition) is 2. The van der Waals surface area contributed by atoms with Crippen LogP contribution in [0.5, 0.6) is 0 Å². The van der Waals surface area contributed by atoms with Gasteiger partial charge in [0.05, 0.1) is 0 Å². The van der Waals surface area contributed by atoms with E-state index in [9.17, 15) is 4.79 Å². The number of carbonyl (C=O) groups excluding carboxylic acids is 1. The Bertz CT molecular complexity index is 445. The van der Waals surface area contributed by atoms with Gasteiger partial charge in [0.1, 0.15) is 0 Å². The highest BCUT2D eigenvalue weighted by Crippen LogP contribution is 2.47. The van der Waals surface area contributed by atoms with Gasteiger partial charge in [0.2, 0.25) is 5.91 Å². The van der Waals surface area contributed by atoms with Crippen molar-refractivity contribution in [2.24, 2.45) is 5.92 Å². The van der Waals surface area contributed by atoms with Crippen LogP contribution < -0.4 is 10.6 Å². The van der Waals surface area contributed by atoms with Crippen molar-refractivity contribution in [2.45, 2.75) is 38.5 Å². The van der Waals surface area contributed by atoms with Crippen LogP contribution >= 0.6 is 12.4 Å². The van der Waals surface area contributed by atoms with E-state index in [2.05, 4.69) is 48.7 Å². The monoisotopic (exact) mass is 310 g/mol. The van der Waals surface area contributed by atoms with Gasteiger partial charge in [-0.25, -0.2) is 0 Å². The minimum atomic E-state index is 0. The first kappa shape index (κ1) is 18.0. The van der Waals surface area contributed by atoms with E-state index < -0.39 is 0 Å². The number of halogens is 1. The maximum Gasteiger partial charge on any atom is 0.223 e. The van der Waals surface area contributed by atoms with E-state index in [0.29, 0.717) is 11.8 Å². The summed E-state index contributed by atoms with van der Waals surface area (Å²) in [7, 11) is 1.93. The third-order valence-corrected chi connectivity index (χ3v) is 4.06. The van der Waals surface area contributed by atoms with Crippen LogP contribution in [0.2, 0.25) is 0 Å². The molecule has 3 nitrogen and oxygen atoms in total. The van der Waals surface area contributed by atoms with Crippen molar-refractivity contribution in [1.29, 1.82) is 0 Å². The number of carbonyl (C=O) groups is 1. The minimum Gasteiger partial charge on any atom is -0.356 e. The van der Waals surface area contributed by atoms with Crippen LogP contribution in [0.15, 0.2) is 24.3 Å². The summed E-state index contributed by atoms with van der Waals surface area (Å²) < 4.78 is 0. The number of rotatable bonds is 7. The molecule has 118 valence electrons. The lowest BCUT2D eigenvalue weighted by Crippen LogP contribution is -2.28. The second kappa shape index (κ2) is 8.40. The van der Waals surface area contributed by atoms with Crippen LogP contribution in [-0.4, -0.2) is 26.0 Å². The lowest BCUT2D eigenvalue weighted by Gasteiger charge is -2.07. The first-order chi connectivity index (χ1) is 9.63. The predicted molar refractivity (Wildman–Crippen MR) is 90.2 cm³/mol. The average molecular weight is 311 g/mol. The molecule has 2 rings (SSSR count). The lowest BCUT2D eigenvalue weighted by atomic mass is 10.00. The molecule has 1 aromatic rings. The van der Waals surface area contributed by atoms with Crippen molar-refractivity contribution >= 4 is 18.3 Å². The molecule has 2 atom stereocenters. The van der Waals surface area contributed by atoms with E-state index in [4.69, 9.17) is 0 Å². The van der Waals surface area contributed by atoms with Crippen LogP contribution in [0.4, 0.5) is 0 Å². The molecule has 0 aliphatic heterocycles. The number of hydrogen-bond donors (Lipinski definition) is 2. The molecule has 21 heavy (non-hydrogen) atoms. The van der Waals surface area contributed by atoms with Crippen molar-refractivity contribution in [1.82, 2.24) is 10.6 Å². The Kier molecular flexibility index (Phi) is 7.20. The van der Waals surface area contributed by atoms with Gasteiger partial charge in [0.15, 0.2) is 0 Å². The molecule has 4 heteroatoms.